The van der Waals surface area contributed by atoms with Crippen LogP contribution in [0.15, 0.2) is 0 Å². The summed E-state index contributed by atoms with van der Waals surface area (Å²) in [5, 5.41) is 3.82. The Morgan fingerprint density at radius 2 is 1.60 bits per heavy atom. The summed E-state index contributed by atoms with van der Waals surface area (Å²) >= 11 is 0. The third-order valence-corrected chi connectivity index (χ3v) is 5.14. The molecule has 0 aromatic heterocycles. The van der Waals surface area contributed by atoms with Gasteiger partial charge in [-0.1, -0.05) is 25.7 Å². The molecule has 0 radical (unpaired) electrons. The molecule has 0 amide bonds. The highest BCUT2D eigenvalue weighted by molar-refractivity contribution is 4.96. The highest BCUT2D eigenvalue weighted by Gasteiger charge is 2.42. The van der Waals surface area contributed by atoms with E-state index in [4.69, 9.17) is 0 Å². The molecule has 0 spiro atoms. The topological polar surface area (TPSA) is 12.0 Å². The first-order valence-electron chi connectivity index (χ1n) is 7.12. The SMILES string of the molecule is C1CCC(CNC2CC2)(C2CCC2)CC1. The quantitative estimate of drug-likeness (QED) is 0.744. The molecule has 3 aliphatic rings. The molecule has 0 bridgehead atoms. The van der Waals surface area contributed by atoms with Gasteiger partial charge in [0.2, 0.25) is 0 Å². The summed E-state index contributed by atoms with van der Waals surface area (Å²) in [5.74, 6) is 1.09. The normalized spacial score (nSPS) is 31.2. The second-order valence-corrected chi connectivity index (χ2v) is 6.21. The van der Waals surface area contributed by atoms with E-state index in [1.165, 1.54) is 70.8 Å². The van der Waals surface area contributed by atoms with Crippen LogP contribution in [0.3, 0.4) is 0 Å². The zero-order valence-electron chi connectivity index (χ0n) is 9.93. The average Bonchev–Trinajstić information content (AvgIpc) is 2.97. The Morgan fingerprint density at radius 1 is 0.867 bits per heavy atom. The van der Waals surface area contributed by atoms with Gasteiger partial charge in [-0.05, 0) is 49.9 Å². The van der Waals surface area contributed by atoms with Crippen molar-refractivity contribution in [3.8, 4) is 0 Å². The Balaban J connectivity index is 1.61. The van der Waals surface area contributed by atoms with Crippen molar-refractivity contribution in [3.05, 3.63) is 0 Å². The summed E-state index contributed by atoms with van der Waals surface area (Å²) in [4.78, 5) is 0. The fourth-order valence-electron chi connectivity index (χ4n) is 3.64. The van der Waals surface area contributed by atoms with Crippen molar-refractivity contribution in [3.63, 3.8) is 0 Å². The molecule has 0 heterocycles. The van der Waals surface area contributed by atoms with Gasteiger partial charge in [-0.3, -0.25) is 0 Å². The maximum absolute atomic E-state index is 3.82. The van der Waals surface area contributed by atoms with E-state index >= 15 is 0 Å². The van der Waals surface area contributed by atoms with Crippen molar-refractivity contribution in [1.82, 2.24) is 5.32 Å². The first kappa shape index (κ1) is 10.1. The average molecular weight is 207 g/mol. The largest absolute Gasteiger partial charge is 0.313 e. The van der Waals surface area contributed by atoms with Crippen LogP contribution in [-0.4, -0.2) is 12.6 Å². The fraction of sp³-hybridized carbons (Fsp3) is 1.00. The van der Waals surface area contributed by atoms with Crippen molar-refractivity contribution in [2.75, 3.05) is 6.54 Å². The van der Waals surface area contributed by atoms with Gasteiger partial charge in [-0.2, -0.15) is 0 Å². The molecule has 0 aromatic carbocycles. The minimum atomic E-state index is 0.735. The molecule has 0 atom stereocenters. The summed E-state index contributed by atoms with van der Waals surface area (Å²) < 4.78 is 0. The van der Waals surface area contributed by atoms with Crippen LogP contribution in [0, 0.1) is 11.3 Å². The molecular formula is C14H25N. The molecule has 3 rings (SSSR count). The Bertz CT molecular complexity index is 209. The van der Waals surface area contributed by atoms with Crippen LogP contribution >= 0.6 is 0 Å². The lowest BCUT2D eigenvalue weighted by atomic mass is 9.59. The molecule has 1 nitrogen and oxygen atoms in total. The van der Waals surface area contributed by atoms with Crippen LogP contribution in [0.2, 0.25) is 0 Å². The lowest BCUT2D eigenvalue weighted by Crippen LogP contribution is -2.45. The molecular weight excluding hydrogens is 182 g/mol. The summed E-state index contributed by atoms with van der Waals surface area (Å²) in [6.07, 6.45) is 15.0. The Morgan fingerprint density at radius 3 is 2.13 bits per heavy atom. The molecule has 0 saturated heterocycles. The fourth-order valence-corrected chi connectivity index (χ4v) is 3.64. The van der Waals surface area contributed by atoms with Crippen LogP contribution in [0.4, 0.5) is 0 Å². The zero-order chi connectivity index (χ0) is 10.1. The predicted octanol–water partition coefficient (Wildman–Crippen LogP) is 3.49. The Labute approximate surface area is 94.0 Å². The van der Waals surface area contributed by atoms with E-state index in [9.17, 15) is 0 Å². The predicted molar refractivity (Wildman–Crippen MR) is 63.9 cm³/mol. The Hall–Kier alpha value is -0.0400. The Kier molecular flexibility index (Phi) is 2.76. The maximum Gasteiger partial charge on any atom is 0.00684 e. The number of nitrogens with one attached hydrogen (secondary N) is 1. The van der Waals surface area contributed by atoms with Gasteiger partial charge < -0.3 is 5.32 Å². The highest BCUT2D eigenvalue weighted by atomic mass is 15.0. The van der Waals surface area contributed by atoms with E-state index in [1.54, 1.807) is 0 Å². The van der Waals surface area contributed by atoms with Crippen LogP contribution < -0.4 is 5.32 Å². The van der Waals surface area contributed by atoms with Crippen molar-refractivity contribution >= 4 is 0 Å². The first-order chi connectivity index (χ1) is 7.39. The van der Waals surface area contributed by atoms with Gasteiger partial charge in [-0.15, -0.1) is 0 Å². The van der Waals surface area contributed by atoms with Gasteiger partial charge >= 0.3 is 0 Å². The minimum Gasteiger partial charge on any atom is -0.313 e. The molecule has 3 saturated carbocycles. The van der Waals surface area contributed by atoms with Gasteiger partial charge in [-0.25, -0.2) is 0 Å². The highest BCUT2D eigenvalue weighted by Crippen LogP contribution is 2.50. The van der Waals surface area contributed by atoms with Crippen molar-refractivity contribution in [2.45, 2.75) is 70.3 Å². The van der Waals surface area contributed by atoms with E-state index < -0.39 is 0 Å². The van der Waals surface area contributed by atoms with Gasteiger partial charge in [0.15, 0.2) is 0 Å². The van der Waals surface area contributed by atoms with E-state index in [0.29, 0.717) is 0 Å². The number of hydrogen-bond acceptors (Lipinski definition) is 1. The van der Waals surface area contributed by atoms with Crippen molar-refractivity contribution in [1.29, 1.82) is 0 Å². The van der Waals surface area contributed by atoms with E-state index in [1.807, 2.05) is 0 Å². The summed E-state index contributed by atoms with van der Waals surface area (Å²) in [5.41, 5.74) is 0.735. The molecule has 3 aliphatic carbocycles. The molecule has 3 fully saturated rings. The van der Waals surface area contributed by atoms with Crippen molar-refractivity contribution in [2.24, 2.45) is 11.3 Å². The van der Waals surface area contributed by atoms with Gasteiger partial charge in [0, 0.05) is 12.6 Å². The zero-order valence-corrected chi connectivity index (χ0v) is 9.93. The molecule has 0 aromatic rings. The van der Waals surface area contributed by atoms with Crippen LogP contribution in [0.1, 0.15) is 64.2 Å². The summed E-state index contributed by atoms with van der Waals surface area (Å²) in [6.45, 7) is 1.35. The van der Waals surface area contributed by atoms with Crippen molar-refractivity contribution < 1.29 is 0 Å². The smallest absolute Gasteiger partial charge is 0.00684 e. The van der Waals surface area contributed by atoms with Gasteiger partial charge in [0.1, 0.15) is 0 Å². The van der Waals surface area contributed by atoms with E-state index in [2.05, 4.69) is 5.32 Å². The lowest BCUT2D eigenvalue weighted by molar-refractivity contribution is 0.0403. The molecule has 1 N–H and O–H groups in total. The third-order valence-electron chi connectivity index (χ3n) is 5.14. The minimum absolute atomic E-state index is 0.735. The second kappa shape index (κ2) is 4.08. The molecule has 86 valence electrons. The number of rotatable bonds is 4. The standard InChI is InChI=1S/C14H25N/c1-2-9-14(10-3-1,12-5-4-6-12)11-15-13-7-8-13/h12-13,15H,1-11H2. The van der Waals surface area contributed by atoms with Gasteiger partial charge in [0.05, 0.1) is 0 Å². The molecule has 0 unspecified atom stereocenters. The molecule has 15 heavy (non-hydrogen) atoms. The summed E-state index contributed by atoms with van der Waals surface area (Å²) in [6, 6.07) is 0.906. The van der Waals surface area contributed by atoms with Crippen LogP contribution in [0.5, 0.6) is 0 Å². The van der Waals surface area contributed by atoms with Gasteiger partial charge in [0.25, 0.3) is 0 Å². The molecule has 0 aliphatic heterocycles. The first-order valence-corrected chi connectivity index (χ1v) is 7.12. The summed E-state index contributed by atoms with van der Waals surface area (Å²) in [7, 11) is 0. The second-order valence-electron chi connectivity index (χ2n) is 6.21. The monoisotopic (exact) mass is 207 g/mol. The third kappa shape index (κ3) is 2.08. The lowest BCUT2D eigenvalue weighted by Gasteiger charge is -2.48. The maximum atomic E-state index is 3.82. The van der Waals surface area contributed by atoms with Crippen LogP contribution in [-0.2, 0) is 0 Å². The van der Waals surface area contributed by atoms with E-state index in [-0.39, 0.29) is 0 Å². The number of hydrogen-bond donors (Lipinski definition) is 1. The van der Waals surface area contributed by atoms with E-state index in [0.717, 1.165) is 17.4 Å². The molecule has 1 heteroatoms. The van der Waals surface area contributed by atoms with Crippen LogP contribution in [0.25, 0.3) is 0 Å².